The predicted molar refractivity (Wildman–Crippen MR) is 101 cm³/mol. The van der Waals surface area contributed by atoms with Gasteiger partial charge in [-0.1, -0.05) is 29.3 Å². The summed E-state index contributed by atoms with van der Waals surface area (Å²) in [7, 11) is 0. The Hall–Kier alpha value is -2.71. The van der Waals surface area contributed by atoms with Gasteiger partial charge in [0.15, 0.2) is 11.5 Å². The van der Waals surface area contributed by atoms with Crippen molar-refractivity contribution in [2.75, 3.05) is 11.9 Å². The van der Waals surface area contributed by atoms with Gasteiger partial charge in [-0.2, -0.15) is 5.10 Å². The first-order valence-corrected chi connectivity index (χ1v) is 8.88. The summed E-state index contributed by atoms with van der Waals surface area (Å²) in [5.41, 5.74) is 0.738. The van der Waals surface area contributed by atoms with Crippen LogP contribution in [0.2, 0.25) is 10.2 Å². The number of carboxylic acid groups (broad SMARTS) is 1. The molecule has 146 valence electrons. The second-order valence-electron chi connectivity index (χ2n) is 5.87. The standard InChI is InChI=1S/C18H14Cl2F2N4O2/c19-13-2-1-3-14(15(13)22)24-5-4-12-16(18(27)28)25-26(17(12)20)9-10-6-11(21)8-23-7-10/h1-3,6-8,24H,4-5,9H2,(H,27,28). The Morgan fingerprint density at radius 1 is 1.25 bits per heavy atom. The van der Waals surface area contributed by atoms with Gasteiger partial charge in [0.25, 0.3) is 0 Å². The quantitative estimate of drug-likeness (QED) is 0.589. The van der Waals surface area contributed by atoms with Gasteiger partial charge in [0, 0.05) is 18.3 Å². The lowest BCUT2D eigenvalue weighted by atomic mass is 10.1. The van der Waals surface area contributed by atoms with Gasteiger partial charge in [0.05, 0.1) is 23.5 Å². The Balaban J connectivity index is 1.79. The van der Waals surface area contributed by atoms with Crippen molar-refractivity contribution in [2.45, 2.75) is 13.0 Å². The molecule has 28 heavy (non-hydrogen) atoms. The van der Waals surface area contributed by atoms with Gasteiger partial charge in [0.2, 0.25) is 0 Å². The van der Waals surface area contributed by atoms with Crippen molar-refractivity contribution in [3.63, 3.8) is 0 Å². The van der Waals surface area contributed by atoms with Gasteiger partial charge in [-0.25, -0.2) is 18.3 Å². The minimum atomic E-state index is -1.25. The molecule has 1 aromatic carbocycles. The molecule has 0 aliphatic heterocycles. The molecule has 0 atom stereocenters. The molecule has 0 spiro atoms. The van der Waals surface area contributed by atoms with Crippen LogP contribution in [0.15, 0.2) is 36.7 Å². The van der Waals surface area contributed by atoms with Gasteiger partial charge >= 0.3 is 5.97 Å². The van der Waals surface area contributed by atoms with E-state index in [1.165, 1.54) is 29.1 Å². The van der Waals surface area contributed by atoms with Crippen LogP contribution in [0.3, 0.4) is 0 Å². The number of halogens is 4. The first kappa shape index (κ1) is 20.0. The van der Waals surface area contributed by atoms with Crippen LogP contribution in [0.4, 0.5) is 14.5 Å². The molecule has 0 saturated heterocycles. The second-order valence-corrected chi connectivity index (χ2v) is 6.64. The topological polar surface area (TPSA) is 80.0 Å². The summed E-state index contributed by atoms with van der Waals surface area (Å²) in [6, 6.07) is 5.79. The monoisotopic (exact) mass is 426 g/mol. The number of aromatic carboxylic acids is 1. The SMILES string of the molecule is O=C(O)c1nn(Cc2cncc(F)c2)c(Cl)c1CCNc1cccc(Cl)c1F. The van der Waals surface area contributed by atoms with Crippen molar-refractivity contribution in [1.82, 2.24) is 14.8 Å². The van der Waals surface area contributed by atoms with E-state index in [1.807, 2.05) is 0 Å². The van der Waals surface area contributed by atoms with E-state index in [0.717, 1.165) is 6.20 Å². The highest BCUT2D eigenvalue weighted by atomic mass is 35.5. The Kier molecular flexibility index (Phi) is 6.11. The van der Waals surface area contributed by atoms with Crippen LogP contribution in [-0.4, -0.2) is 32.4 Å². The molecule has 2 N–H and O–H groups in total. The smallest absolute Gasteiger partial charge is 0.356 e. The third kappa shape index (κ3) is 4.40. The molecule has 10 heteroatoms. The van der Waals surface area contributed by atoms with E-state index in [1.54, 1.807) is 6.07 Å². The Morgan fingerprint density at radius 2 is 2.04 bits per heavy atom. The van der Waals surface area contributed by atoms with E-state index in [0.29, 0.717) is 5.56 Å². The van der Waals surface area contributed by atoms with Crippen molar-refractivity contribution < 1.29 is 18.7 Å². The summed E-state index contributed by atoms with van der Waals surface area (Å²) in [5, 5.41) is 16.3. The van der Waals surface area contributed by atoms with Crippen LogP contribution in [0.25, 0.3) is 0 Å². The van der Waals surface area contributed by atoms with Gasteiger partial charge in [-0.05, 0) is 30.2 Å². The fourth-order valence-corrected chi connectivity index (χ4v) is 3.11. The third-order valence-electron chi connectivity index (χ3n) is 3.92. The van der Waals surface area contributed by atoms with E-state index in [9.17, 15) is 18.7 Å². The Labute approximate surface area is 168 Å². The fraction of sp³-hybridized carbons (Fsp3) is 0.167. The van der Waals surface area contributed by atoms with Crippen LogP contribution < -0.4 is 5.32 Å². The van der Waals surface area contributed by atoms with E-state index in [2.05, 4.69) is 15.4 Å². The van der Waals surface area contributed by atoms with E-state index >= 15 is 0 Å². The van der Waals surface area contributed by atoms with E-state index < -0.39 is 17.6 Å². The summed E-state index contributed by atoms with van der Waals surface area (Å²) in [4.78, 5) is 15.3. The molecule has 0 radical (unpaired) electrons. The minimum absolute atomic E-state index is 0.0224. The van der Waals surface area contributed by atoms with Crippen LogP contribution >= 0.6 is 23.2 Å². The normalized spacial score (nSPS) is 10.9. The largest absolute Gasteiger partial charge is 0.476 e. The summed E-state index contributed by atoms with van der Waals surface area (Å²) in [6.45, 7) is 0.255. The van der Waals surface area contributed by atoms with Crippen LogP contribution in [0.5, 0.6) is 0 Å². The molecule has 0 fully saturated rings. The molecule has 6 nitrogen and oxygen atoms in total. The van der Waals surface area contributed by atoms with Gasteiger partial charge in [-0.15, -0.1) is 0 Å². The predicted octanol–water partition coefficient (Wildman–Crippen LogP) is 4.26. The molecule has 2 heterocycles. The van der Waals surface area contributed by atoms with E-state index in [-0.39, 0.29) is 46.6 Å². The summed E-state index contributed by atoms with van der Waals surface area (Å²) in [6.07, 6.45) is 2.67. The zero-order valence-corrected chi connectivity index (χ0v) is 15.8. The van der Waals surface area contributed by atoms with Gasteiger partial charge < -0.3 is 10.4 Å². The molecule has 0 bridgehead atoms. The molecule has 0 saturated carbocycles. The van der Waals surface area contributed by atoms with Crippen LogP contribution in [0, 0.1) is 11.6 Å². The molecular formula is C18H14Cl2F2N4O2. The molecular weight excluding hydrogens is 413 g/mol. The lowest BCUT2D eigenvalue weighted by molar-refractivity contribution is 0.0688. The maximum absolute atomic E-state index is 13.9. The first-order chi connectivity index (χ1) is 13.4. The summed E-state index contributed by atoms with van der Waals surface area (Å²) < 4.78 is 28.5. The highest BCUT2D eigenvalue weighted by molar-refractivity contribution is 6.31. The lowest BCUT2D eigenvalue weighted by Crippen LogP contribution is -2.09. The summed E-state index contributed by atoms with van der Waals surface area (Å²) in [5.74, 6) is -2.36. The number of aromatic nitrogens is 3. The zero-order chi connectivity index (χ0) is 20.3. The molecule has 0 unspecified atom stereocenters. The zero-order valence-electron chi connectivity index (χ0n) is 14.3. The number of carbonyl (C=O) groups is 1. The number of nitrogens with zero attached hydrogens (tertiary/aromatic N) is 3. The Morgan fingerprint density at radius 3 is 2.75 bits per heavy atom. The Bertz CT molecular complexity index is 1030. The average molecular weight is 427 g/mol. The number of nitrogens with one attached hydrogen (secondary N) is 1. The molecule has 0 amide bonds. The maximum atomic E-state index is 13.9. The van der Waals surface area contributed by atoms with Gasteiger partial charge in [0.1, 0.15) is 11.0 Å². The second kappa shape index (κ2) is 8.53. The van der Waals surface area contributed by atoms with E-state index in [4.69, 9.17) is 23.2 Å². The third-order valence-corrected chi connectivity index (χ3v) is 4.64. The number of hydrogen-bond donors (Lipinski definition) is 2. The molecule has 3 rings (SSSR count). The number of pyridine rings is 1. The first-order valence-electron chi connectivity index (χ1n) is 8.12. The minimum Gasteiger partial charge on any atom is -0.476 e. The number of hydrogen-bond acceptors (Lipinski definition) is 4. The number of anilines is 1. The molecule has 0 aliphatic rings. The number of rotatable bonds is 7. The molecule has 2 aromatic heterocycles. The van der Waals surface area contributed by atoms with Gasteiger partial charge in [-0.3, -0.25) is 4.98 Å². The van der Waals surface area contributed by atoms with Crippen molar-refractivity contribution in [2.24, 2.45) is 0 Å². The highest BCUT2D eigenvalue weighted by Gasteiger charge is 2.21. The van der Waals surface area contributed by atoms with Crippen molar-refractivity contribution in [3.05, 3.63) is 75.3 Å². The molecule has 3 aromatic rings. The van der Waals surface area contributed by atoms with Crippen molar-refractivity contribution in [1.29, 1.82) is 0 Å². The highest BCUT2D eigenvalue weighted by Crippen LogP contribution is 2.24. The molecule has 0 aliphatic carbocycles. The van der Waals surface area contributed by atoms with Crippen LogP contribution in [-0.2, 0) is 13.0 Å². The number of benzene rings is 1. The fourth-order valence-electron chi connectivity index (χ4n) is 2.65. The van der Waals surface area contributed by atoms with Crippen molar-refractivity contribution in [3.8, 4) is 0 Å². The van der Waals surface area contributed by atoms with Crippen LogP contribution in [0.1, 0.15) is 21.6 Å². The average Bonchev–Trinajstić information content (AvgIpc) is 2.95. The van der Waals surface area contributed by atoms with Crippen molar-refractivity contribution >= 4 is 34.9 Å². The summed E-state index contributed by atoms with van der Waals surface area (Å²) >= 11 is 12.0. The maximum Gasteiger partial charge on any atom is 0.356 e. The number of carboxylic acids is 1. The lowest BCUT2D eigenvalue weighted by Gasteiger charge is -2.08.